The average molecular weight is 448 g/mol. The Labute approximate surface area is 178 Å². The van der Waals surface area contributed by atoms with E-state index in [4.69, 9.17) is 0 Å². The van der Waals surface area contributed by atoms with Gasteiger partial charge in [0, 0.05) is 11.5 Å². The molecule has 0 unspecified atom stereocenters. The minimum absolute atomic E-state index is 0.163. The Hall–Kier alpha value is -1.83. The number of pyridine rings is 1. The molecule has 1 heterocycles. The van der Waals surface area contributed by atoms with Gasteiger partial charge in [-0.25, -0.2) is 4.98 Å². The number of hydrogen-bond acceptors (Lipinski definition) is 4. The fraction of sp³-hybridized carbons (Fsp3) is 0.591. The Kier molecular flexibility index (Phi) is 10.1. The third-order valence-corrected chi connectivity index (χ3v) is 5.95. The largest absolute Gasteiger partial charge is 0.534 e. The van der Waals surface area contributed by atoms with Crippen LogP contribution in [-0.4, -0.2) is 18.9 Å². The fourth-order valence-corrected chi connectivity index (χ4v) is 3.99. The lowest BCUT2D eigenvalue weighted by Crippen LogP contribution is -2.29. The molecule has 1 fully saturated rings. The molecule has 0 atom stereocenters. The molecule has 0 radical (unpaired) electrons. The molecule has 0 spiro atoms. The molecular weight excluding hydrogens is 415 g/mol. The molecule has 1 aromatic heterocycles. The maximum absolute atomic E-state index is 12.9. The molecule has 0 aromatic carbocycles. The first-order chi connectivity index (χ1) is 14.1. The zero-order valence-corrected chi connectivity index (χ0v) is 18.9. The van der Waals surface area contributed by atoms with Gasteiger partial charge >= 0.3 is 15.6 Å². The van der Waals surface area contributed by atoms with Crippen LogP contribution in [-0.2, 0) is 10.1 Å². The van der Waals surface area contributed by atoms with Gasteiger partial charge in [0.15, 0.2) is 5.75 Å². The summed E-state index contributed by atoms with van der Waals surface area (Å²) >= 11 is 0. The lowest BCUT2D eigenvalue weighted by atomic mass is 9.84. The molecule has 0 N–H and O–H groups in total. The first-order valence-electron chi connectivity index (χ1n) is 10.4. The molecule has 4 nitrogen and oxygen atoms in total. The van der Waals surface area contributed by atoms with E-state index < -0.39 is 15.6 Å². The molecular formula is C22H32F3NO3S. The highest BCUT2D eigenvalue weighted by molar-refractivity contribution is 7.88. The van der Waals surface area contributed by atoms with Gasteiger partial charge in [0.25, 0.3) is 0 Å². The topological polar surface area (TPSA) is 56.3 Å². The first-order valence-corrected chi connectivity index (χ1v) is 11.8. The highest BCUT2D eigenvalue weighted by Gasteiger charge is 2.49. The Morgan fingerprint density at radius 2 is 1.73 bits per heavy atom. The predicted octanol–water partition coefficient (Wildman–Crippen LogP) is 7.09. The van der Waals surface area contributed by atoms with Gasteiger partial charge in [-0.05, 0) is 37.8 Å². The Bertz CT molecular complexity index is 823. The zero-order chi connectivity index (χ0) is 22.9. The Morgan fingerprint density at radius 3 is 2.20 bits per heavy atom. The van der Waals surface area contributed by atoms with E-state index in [-0.39, 0.29) is 17.4 Å². The van der Waals surface area contributed by atoms with E-state index in [2.05, 4.69) is 22.7 Å². The maximum atomic E-state index is 12.9. The minimum Gasteiger partial charge on any atom is -0.374 e. The van der Waals surface area contributed by atoms with Crippen molar-refractivity contribution in [1.29, 1.82) is 0 Å². The van der Waals surface area contributed by atoms with Gasteiger partial charge < -0.3 is 4.18 Å². The second-order valence-corrected chi connectivity index (χ2v) is 8.74. The molecule has 2 rings (SSSR count). The van der Waals surface area contributed by atoms with E-state index in [1.165, 1.54) is 12.1 Å². The van der Waals surface area contributed by atoms with Crippen LogP contribution in [0.5, 0.6) is 5.75 Å². The van der Waals surface area contributed by atoms with Crippen LogP contribution in [0.3, 0.4) is 0 Å². The summed E-state index contributed by atoms with van der Waals surface area (Å²) in [6.07, 6.45) is 10.1. The SMILES string of the molecule is C=Cc1nc(C2CCCC(C)CCC2)c(OS(=O)(=O)C(F)(F)F)cc1/C=C\C.CC. The van der Waals surface area contributed by atoms with Crippen molar-refractivity contribution >= 4 is 22.3 Å². The van der Waals surface area contributed by atoms with E-state index >= 15 is 0 Å². The molecule has 0 bridgehead atoms. The van der Waals surface area contributed by atoms with Crippen molar-refractivity contribution in [1.82, 2.24) is 4.98 Å². The molecule has 1 aromatic rings. The third-order valence-electron chi connectivity index (χ3n) is 4.98. The van der Waals surface area contributed by atoms with Crippen LogP contribution in [0.25, 0.3) is 12.2 Å². The van der Waals surface area contributed by atoms with Gasteiger partial charge in [0.1, 0.15) is 0 Å². The van der Waals surface area contributed by atoms with Crippen LogP contribution >= 0.6 is 0 Å². The summed E-state index contributed by atoms with van der Waals surface area (Å²) in [5.74, 6) is 0.0926. The quantitative estimate of drug-likeness (QED) is 0.357. The van der Waals surface area contributed by atoms with Crippen LogP contribution in [0, 0.1) is 5.92 Å². The van der Waals surface area contributed by atoms with Crippen LogP contribution in [0.4, 0.5) is 13.2 Å². The molecule has 1 aliphatic rings. The molecule has 30 heavy (non-hydrogen) atoms. The summed E-state index contributed by atoms with van der Waals surface area (Å²) in [5.41, 5.74) is -4.31. The molecule has 1 aliphatic carbocycles. The van der Waals surface area contributed by atoms with Gasteiger partial charge in [-0.1, -0.05) is 65.2 Å². The smallest absolute Gasteiger partial charge is 0.374 e. The second-order valence-electron chi connectivity index (χ2n) is 7.20. The van der Waals surface area contributed by atoms with E-state index in [0.717, 1.165) is 38.5 Å². The highest BCUT2D eigenvalue weighted by Crippen LogP contribution is 2.39. The van der Waals surface area contributed by atoms with Gasteiger partial charge in [-0.3, -0.25) is 0 Å². The van der Waals surface area contributed by atoms with Crippen LogP contribution < -0.4 is 4.18 Å². The summed E-state index contributed by atoms with van der Waals surface area (Å²) in [7, 11) is -5.78. The Balaban J connectivity index is 0.00000218. The van der Waals surface area contributed by atoms with Crippen molar-refractivity contribution in [3.63, 3.8) is 0 Å². The van der Waals surface area contributed by atoms with Gasteiger partial charge in [0.2, 0.25) is 0 Å². The predicted molar refractivity (Wildman–Crippen MR) is 116 cm³/mol. The molecule has 0 saturated heterocycles. The highest BCUT2D eigenvalue weighted by atomic mass is 32.2. The van der Waals surface area contributed by atoms with Gasteiger partial charge in [-0.2, -0.15) is 21.6 Å². The number of hydrogen-bond donors (Lipinski definition) is 0. The van der Waals surface area contributed by atoms with Crippen LogP contribution in [0.1, 0.15) is 89.1 Å². The van der Waals surface area contributed by atoms with Crippen LogP contribution in [0.15, 0.2) is 18.7 Å². The van der Waals surface area contributed by atoms with Crippen molar-refractivity contribution in [2.24, 2.45) is 5.92 Å². The summed E-state index contributed by atoms with van der Waals surface area (Å²) in [6, 6.07) is 1.31. The Morgan fingerprint density at radius 1 is 1.17 bits per heavy atom. The zero-order valence-electron chi connectivity index (χ0n) is 18.1. The number of allylic oxidation sites excluding steroid dienone is 1. The van der Waals surface area contributed by atoms with Crippen molar-refractivity contribution in [3.05, 3.63) is 35.7 Å². The van der Waals surface area contributed by atoms with E-state index in [1.807, 2.05) is 13.8 Å². The summed E-state index contributed by atoms with van der Waals surface area (Å²) in [4.78, 5) is 4.46. The molecule has 1 saturated carbocycles. The molecule has 0 aliphatic heterocycles. The normalized spacial score (nSPS) is 20.6. The van der Waals surface area contributed by atoms with Crippen molar-refractivity contribution in [2.75, 3.05) is 0 Å². The standard InChI is InChI=1S/C20H26F3NO3S.C2H6/c1-4-8-16-13-18(27-28(25,26)20(21,22)23)19(24-17(16)5-2)15-11-6-9-14(3)10-7-12-15;1-2/h4-5,8,13-15H,2,6-7,9-12H2,1,3H3;1-2H3/b8-4-;. The number of nitrogens with zero attached hydrogens (tertiary/aromatic N) is 1. The average Bonchev–Trinajstić information content (AvgIpc) is 2.66. The van der Waals surface area contributed by atoms with Crippen molar-refractivity contribution in [2.45, 2.75) is 77.6 Å². The van der Waals surface area contributed by atoms with Crippen molar-refractivity contribution < 1.29 is 25.8 Å². The van der Waals surface area contributed by atoms with Crippen LogP contribution in [0.2, 0.25) is 0 Å². The fourth-order valence-electron chi connectivity index (χ4n) is 3.53. The number of rotatable bonds is 5. The molecule has 170 valence electrons. The third kappa shape index (κ3) is 6.86. The number of aromatic nitrogens is 1. The summed E-state index contributed by atoms with van der Waals surface area (Å²) in [6.45, 7) is 11.6. The number of alkyl halides is 3. The molecule has 8 heteroatoms. The van der Waals surface area contributed by atoms with Crippen molar-refractivity contribution in [3.8, 4) is 5.75 Å². The maximum Gasteiger partial charge on any atom is 0.534 e. The van der Waals surface area contributed by atoms with E-state index in [0.29, 0.717) is 17.2 Å². The monoisotopic (exact) mass is 447 g/mol. The molecule has 0 amide bonds. The number of halogens is 3. The summed E-state index contributed by atoms with van der Waals surface area (Å²) in [5, 5.41) is 0. The van der Waals surface area contributed by atoms with E-state index in [1.54, 1.807) is 19.1 Å². The van der Waals surface area contributed by atoms with E-state index in [9.17, 15) is 21.6 Å². The van der Waals surface area contributed by atoms with Gasteiger partial charge in [-0.15, -0.1) is 0 Å². The first kappa shape index (κ1) is 26.2. The summed E-state index contributed by atoms with van der Waals surface area (Å²) < 4.78 is 66.5. The lowest BCUT2D eigenvalue weighted by molar-refractivity contribution is -0.0500. The van der Waals surface area contributed by atoms with Gasteiger partial charge in [0.05, 0.1) is 11.4 Å². The second kappa shape index (κ2) is 11.5. The minimum atomic E-state index is -5.78. The lowest BCUT2D eigenvalue weighted by Gasteiger charge is -2.24.